The number of urea groups is 1. The molecule has 1 atom stereocenters. The van der Waals surface area contributed by atoms with Crippen LogP contribution in [0.4, 0.5) is 10.5 Å². The van der Waals surface area contributed by atoms with Crippen molar-refractivity contribution in [2.75, 3.05) is 58.3 Å². The van der Waals surface area contributed by atoms with Gasteiger partial charge in [-0.05, 0) is 31.5 Å². The van der Waals surface area contributed by atoms with Crippen LogP contribution in [-0.4, -0.2) is 90.6 Å². The SMILES string of the molecule is CC(C)C[C@@H]1COCCN1C(=O)Nc1ccnc(C(=O)N2CCN(C)CC2)c1. The lowest BCUT2D eigenvalue weighted by Gasteiger charge is -2.36. The molecule has 3 rings (SSSR count). The highest BCUT2D eigenvalue weighted by atomic mass is 16.5. The number of nitrogens with zero attached hydrogens (tertiary/aromatic N) is 4. The summed E-state index contributed by atoms with van der Waals surface area (Å²) >= 11 is 0. The van der Waals surface area contributed by atoms with Crippen LogP contribution in [0.5, 0.6) is 0 Å². The number of pyridine rings is 1. The van der Waals surface area contributed by atoms with E-state index in [1.807, 2.05) is 9.80 Å². The van der Waals surface area contributed by atoms with E-state index < -0.39 is 0 Å². The first kappa shape index (κ1) is 20.5. The average molecular weight is 390 g/mol. The van der Waals surface area contributed by atoms with Crippen LogP contribution in [0.25, 0.3) is 0 Å². The second kappa shape index (κ2) is 9.34. The number of hydrogen-bond acceptors (Lipinski definition) is 5. The topological polar surface area (TPSA) is 78.0 Å². The van der Waals surface area contributed by atoms with Crippen molar-refractivity contribution in [3.8, 4) is 0 Å². The standard InChI is InChI=1S/C20H31N5O3/c1-15(2)12-17-14-28-11-10-25(17)20(27)22-16-4-5-21-18(13-16)19(26)24-8-6-23(3)7-9-24/h4-5,13,15,17H,6-12,14H2,1-3H3,(H,21,22,27)/t17-/m1/s1. The number of nitrogens with one attached hydrogen (secondary N) is 1. The lowest BCUT2D eigenvalue weighted by atomic mass is 10.0. The molecule has 0 radical (unpaired) electrons. The normalized spacial score (nSPS) is 21.1. The molecule has 0 bridgehead atoms. The van der Waals surface area contributed by atoms with E-state index in [1.54, 1.807) is 18.3 Å². The zero-order valence-electron chi connectivity index (χ0n) is 17.1. The third-order valence-electron chi connectivity index (χ3n) is 5.25. The van der Waals surface area contributed by atoms with Crippen LogP contribution in [0.1, 0.15) is 30.8 Å². The summed E-state index contributed by atoms with van der Waals surface area (Å²) in [5, 5.41) is 2.93. The monoisotopic (exact) mass is 389 g/mol. The maximum atomic E-state index is 12.8. The average Bonchev–Trinajstić information content (AvgIpc) is 2.68. The van der Waals surface area contributed by atoms with Crippen LogP contribution >= 0.6 is 0 Å². The van der Waals surface area contributed by atoms with E-state index in [0.29, 0.717) is 50.1 Å². The van der Waals surface area contributed by atoms with Gasteiger partial charge in [0.25, 0.3) is 5.91 Å². The first-order chi connectivity index (χ1) is 13.4. The fraction of sp³-hybridized carbons (Fsp3) is 0.650. The molecular formula is C20H31N5O3. The van der Waals surface area contributed by atoms with Crippen LogP contribution in [-0.2, 0) is 4.74 Å². The van der Waals surface area contributed by atoms with Gasteiger partial charge in [0.1, 0.15) is 5.69 Å². The van der Waals surface area contributed by atoms with E-state index in [1.165, 1.54) is 0 Å². The summed E-state index contributed by atoms with van der Waals surface area (Å²) in [7, 11) is 2.05. The van der Waals surface area contributed by atoms with Crippen LogP contribution in [0, 0.1) is 5.92 Å². The van der Waals surface area contributed by atoms with Gasteiger partial charge in [-0.3, -0.25) is 9.78 Å². The number of aromatic nitrogens is 1. The smallest absolute Gasteiger partial charge is 0.322 e. The first-order valence-corrected chi connectivity index (χ1v) is 10.0. The van der Waals surface area contributed by atoms with Gasteiger partial charge in [-0.25, -0.2) is 4.79 Å². The molecule has 2 aliphatic rings. The summed E-state index contributed by atoms with van der Waals surface area (Å²) in [6.07, 6.45) is 2.47. The Morgan fingerprint density at radius 1 is 1.25 bits per heavy atom. The molecule has 2 fully saturated rings. The number of amides is 3. The van der Waals surface area contributed by atoms with Crippen molar-refractivity contribution in [3.63, 3.8) is 0 Å². The van der Waals surface area contributed by atoms with Gasteiger partial charge in [0.2, 0.25) is 0 Å². The van der Waals surface area contributed by atoms with Gasteiger partial charge in [-0.1, -0.05) is 13.8 Å². The molecule has 1 aromatic rings. The number of hydrogen-bond donors (Lipinski definition) is 1. The molecule has 0 saturated carbocycles. The molecule has 154 valence electrons. The zero-order valence-corrected chi connectivity index (χ0v) is 17.1. The summed E-state index contributed by atoms with van der Waals surface area (Å²) in [5.74, 6) is 0.393. The van der Waals surface area contributed by atoms with Gasteiger partial charge in [-0.2, -0.15) is 0 Å². The van der Waals surface area contributed by atoms with Crippen LogP contribution in [0.3, 0.4) is 0 Å². The Hall–Kier alpha value is -2.19. The molecule has 28 heavy (non-hydrogen) atoms. The molecule has 2 aliphatic heterocycles. The molecule has 8 nitrogen and oxygen atoms in total. The van der Waals surface area contributed by atoms with E-state index in [4.69, 9.17) is 4.74 Å². The van der Waals surface area contributed by atoms with Crippen molar-refractivity contribution < 1.29 is 14.3 Å². The van der Waals surface area contributed by atoms with E-state index in [-0.39, 0.29) is 18.0 Å². The second-order valence-corrected chi connectivity index (χ2v) is 8.01. The maximum absolute atomic E-state index is 12.8. The third-order valence-corrected chi connectivity index (χ3v) is 5.25. The largest absolute Gasteiger partial charge is 0.377 e. The molecule has 0 unspecified atom stereocenters. The van der Waals surface area contributed by atoms with Crippen molar-refractivity contribution in [1.29, 1.82) is 0 Å². The number of carbonyl (C=O) groups excluding carboxylic acids is 2. The number of ether oxygens (including phenoxy) is 1. The van der Waals surface area contributed by atoms with Gasteiger partial charge in [0, 0.05) is 44.6 Å². The Labute approximate surface area is 166 Å². The fourth-order valence-electron chi connectivity index (χ4n) is 3.65. The Morgan fingerprint density at radius 2 is 2.00 bits per heavy atom. The van der Waals surface area contributed by atoms with Gasteiger partial charge >= 0.3 is 6.03 Å². The summed E-state index contributed by atoms with van der Waals surface area (Å²) in [4.78, 5) is 35.6. The minimum absolute atomic E-state index is 0.0713. The minimum atomic E-state index is -0.154. The van der Waals surface area contributed by atoms with Gasteiger partial charge in [0.05, 0.1) is 19.3 Å². The lowest BCUT2D eigenvalue weighted by Crippen LogP contribution is -2.50. The molecular weight excluding hydrogens is 358 g/mol. The highest BCUT2D eigenvalue weighted by Gasteiger charge is 2.28. The van der Waals surface area contributed by atoms with E-state index in [9.17, 15) is 9.59 Å². The van der Waals surface area contributed by atoms with Gasteiger partial charge < -0.3 is 24.8 Å². The predicted octanol–water partition coefficient (Wildman–Crippen LogP) is 1.75. The number of likely N-dealkylation sites (N-methyl/N-ethyl adjacent to an activating group) is 1. The van der Waals surface area contributed by atoms with Crippen molar-refractivity contribution in [1.82, 2.24) is 19.7 Å². The quantitative estimate of drug-likeness (QED) is 0.849. The number of carbonyl (C=O) groups is 2. The van der Waals surface area contributed by atoms with Gasteiger partial charge in [0.15, 0.2) is 0 Å². The molecule has 0 spiro atoms. The summed E-state index contributed by atoms with van der Waals surface area (Å²) < 4.78 is 5.55. The Kier molecular flexibility index (Phi) is 6.85. The van der Waals surface area contributed by atoms with Crippen molar-refractivity contribution in [2.24, 2.45) is 5.92 Å². The Bertz CT molecular complexity index is 688. The third kappa shape index (κ3) is 5.20. The summed E-state index contributed by atoms with van der Waals surface area (Å²) in [6.45, 7) is 9.07. The minimum Gasteiger partial charge on any atom is -0.377 e. The number of morpholine rings is 1. The Morgan fingerprint density at radius 3 is 2.71 bits per heavy atom. The van der Waals surface area contributed by atoms with E-state index >= 15 is 0 Å². The molecule has 0 aromatic carbocycles. The van der Waals surface area contributed by atoms with E-state index in [2.05, 4.69) is 36.1 Å². The van der Waals surface area contributed by atoms with Crippen LogP contribution < -0.4 is 5.32 Å². The highest BCUT2D eigenvalue weighted by molar-refractivity contribution is 5.95. The second-order valence-electron chi connectivity index (χ2n) is 8.01. The molecule has 0 aliphatic carbocycles. The van der Waals surface area contributed by atoms with Crippen molar-refractivity contribution in [3.05, 3.63) is 24.0 Å². The van der Waals surface area contributed by atoms with Gasteiger partial charge in [-0.15, -0.1) is 0 Å². The summed E-state index contributed by atoms with van der Waals surface area (Å²) in [6, 6.07) is 3.30. The molecule has 3 amide bonds. The molecule has 2 saturated heterocycles. The van der Waals surface area contributed by atoms with E-state index in [0.717, 1.165) is 19.5 Å². The van der Waals surface area contributed by atoms with Crippen LogP contribution in [0.2, 0.25) is 0 Å². The van der Waals surface area contributed by atoms with Crippen molar-refractivity contribution in [2.45, 2.75) is 26.3 Å². The van der Waals surface area contributed by atoms with Crippen molar-refractivity contribution >= 4 is 17.6 Å². The maximum Gasteiger partial charge on any atom is 0.322 e. The molecule has 3 heterocycles. The molecule has 8 heteroatoms. The zero-order chi connectivity index (χ0) is 20.1. The number of anilines is 1. The molecule has 1 aromatic heterocycles. The number of piperazine rings is 1. The number of rotatable bonds is 4. The highest BCUT2D eigenvalue weighted by Crippen LogP contribution is 2.18. The fourth-order valence-corrected chi connectivity index (χ4v) is 3.65. The Balaban J connectivity index is 1.65. The lowest BCUT2D eigenvalue weighted by molar-refractivity contribution is 0.00857. The summed E-state index contributed by atoms with van der Waals surface area (Å²) in [5.41, 5.74) is 0.954. The predicted molar refractivity (Wildman–Crippen MR) is 107 cm³/mol. The molecule has 1 N–H and O–H groups in total. The first-order valence-electron chi connectivity index (χ1n) is 10.0. The van der Waals surface area contributed by atoms with Crippen LogP contribution in [0.15, 0.2) is 18.3 Å².